The molecule has 2 aliphatic heterocycles. The van der Waals surface area contributed by atoms with Gasteiger partial charge in [-0.3, -0.25) is 9.69 Å². The zero-order valence-electron chi connectivity index (χ0n) is 16.0. The van der Waals surface area contributed by atoms with Crippen molar-refractivity contribution in [1.82, 2.24) is 10.2 Å². The second kappa shape index (κ2) is 10.1. The van der Waals surface area contributed by atoms with E-state index in [1.807, 2.05) is 0 Å². The topological polar surface area (TPSA) is 91.9 Å². The van der Waals surface area contributed by atoms with Crippen molar-refractivity contribution in [1.29, 1.82) is 0 Å². The molecular formula is C19H27ClN4O4. The van der Waals surface area contributed by atoms with Crippen molar-refractivity contribution in [3.05, 3.63) is 23.2 Å². The molecule has 0 aromatic heterocycles. The van der Waals surface area contributed by atoms with Crippen LogP contribution in [0, 0.1) is 5.92 Å². The average Bonchev–Trinajstić information content (AvgIpc) is 3.19. The molecule has 2 unspecified atom stereocenters. The molecule has 154 valence electrons. The smallest absolute Gasteiger partial charge is 0.319 e. The molecule has 2 saturated heterocycles. The van der Waals surface area contributed by atoms with Crippen LogP contribution in [0.25, 0.3) is 0 Å². The highest BCUT2D eigenvalue weighted by atomic mass is 35.5. The summed E-state index contributed by atoms with van der Waals surface area (Å²) in [6, 6.07) is 4.90. The van der Waals surface area contributed by atoms with Crippen LogP contribution in [0.2, 0.25) is 5.02 Å². The van der Waals surface area contributed by atoms with Gasteiger partial charge in [-0.1, -0.05) is 11.6 Å². The molecule has 0 saturated carbocycles. The van der Waals surface area contributed by atoms with Crippen LogP contribution >= 0.6 is 11.6 Å². The number of amides is 3. The van der Waals surface area contributed by atoms with E-state index in [-0.39, 0.29) is 18.0 Å². The molecule has 0 aliphatic carbocycles. The number of hydrogen-bond donors (Lipinski definition) is 3. The summed E-state index contributed by atoms with van der Waals surface area (Å²) < 4.78 is 11.0. The number of carbonyl (C=O) groups excluding carboxylic acids is 2. The lowest BCUT2D eigenvalue weighted by atomic mass is 9.97. The van der Waals surface area contributed by atoms with Crippen molar-refractivity contribution >= 4 is 34.9 Å². The summed E-state index contributed by atoms with van der Waals surface area (Å²) in [5, 5.41) is 8.76. The first kappa shape index (κ1) is 20.9. The van der Waals surface area contributed by atoms with E-state index in [1.165, 1.54) is 6.92 Å². The van der Waals surface area contributed by atoms with Crippen molar-refractivity contribution in [3.8, 4) is 0 Å². The number of halogens is 1. The molecular weight excluding hydrogens is 384 g/mol. The highest BCUT2D eigenvalue weighted by molar-refractivity contribution is 6.34. The van der Waals surface area contributed by atoms with E-state index in [9.17, 15) is 9.59 Å². The third-order valence-electron chi connectivity index (χ3n) is 5.03. The van der Waals surface area contributed by atoms with Crippen LogP contribution in [-0.4, -0.2) is 68.9 Å². The minimum Gasteiger partial charge on any atom is -0.381 e. The maximum atomic E-state index is 12.4. The van der Waals surface area contributed by atoms with E-state index >= 15 is 0 Å². The minimum absolute atomic E-state index is 0.203. The third-order valence-corrected chi connectivity index (χ3v) is 5.35. The summed E-state index contributed by atoms with van der Waals surface area (Å²) in [5.41, 5.74) is 1.07. The maximum absolute atomic E-state index is 12.4. The Hall–Kier alpha value is -1.87. The second-order valence-corrected chi connectivity index (χ2v) is 7.46. The van der Waals surface area contributed by atoms with Crippen LogP contribution in [0.4, 0.5) is 16.2 Å². The number of benzene rings is 1. The quantitative estimate of drug-likeness (QED) is 0.668. The number of ether oxygens (including phenoxy) is 2. The number of rotatable bonds is 6. The second-order valence-electron chi connectivity index (χ2n) is 7.05. The number of morpholine rings is 1. The predicted molar refractivity (Wildman–Crippen MR) is 108 cm³/mol. The van der Waals surface area contributed by atoms with Crippen LogP contribution < -0.4 is 16.0 Å². The summed E-state index contributed by atoms with van der Waals surface area (Å²) in [6.45, 7) is 6.62. The van der Waals surface area contributed by atoms with Crippen LogP contribution in [0.1, 0.15) is 13.3 Å². The lowest BCUT2D eigenvalue weighted by molar-refractivity contribution is -0.114. The molecule has 3 N–H and O–H groups in total. The maximum Gasteiger partial charge on any atom is 0.319 e. The molecule has 2 heterocycles. The van der Waals surface area contributed by atoms with Gasteiger partial charge < -0.3 is 25.4 Å². The first-order valence-corrected chi connectivity index (χ1v) is 9.92. The van der Waals surface area contributed by atoms with Crippen molar-refractivity contribution < 1.29 is 19.1 Å². The van der Waals surface area contributed by atoms with Gasteiger partial charge in [0.2, 0.25) is 5.91 Å². The van der Waals surface area contributed by atoms with Gasteiger partial charge in [-0.15, -0.1) is 0 Å². The lowest BCUT2D eigenvalue weighted by Gasteiger charge is -2.37. The standard InChI is InChI=1S/C19H27ClN4O4/c1-13(25)22-17-3-2-15(10-16(17)20)23-19(26)21-11-18(14-4-7-28-12-14)24-5-8-27-9-6-24/h2-3,10,14,18H,4-9,11-12H2,1H3,(H,22,25)(H2,21,23,26). The molecule has 0 bridgehead atoms. The molecule has 2 atom stereocenters. The Morgan fingerprint density at radius 3 is 2.64 bits per heavy atom. The lowest BCUT2D eigenvalue weighted by Crippen LogP contribution is -2.52. The minimum atomic E-state index is -0.291. The van der Waals surface area contributed by atoms with Crippen molar-refractivity contribution in [2.75, 3.05) is 56.7 Å². The van der Waals surface area contributed by atoms with Gasteiger partial charge in [0, 0.05) is 50.8 Å². The first-order chi connectivity index (χ1) is 13.5. The Bertz CT molecular complexity index is 691. The number of urea groups is 1. The Labute approximate surface area is 169 Å². The summed E-state index contributed by atoms with van der Waals surface area (Å²) in [4.78, 5) is 25.9. The van der Waals surface area contributed by atoms with Gasteiger partial charge in [0.1, 0.15) is 0 Å². The Kier molecular flexibility index (Phi) is 7.50. The van der Waals surface area contributed by atoms with E-state index in [4.69, 9.17) is 21.1 Å². The molecule has 2 fully saturated rings. The molecule has 9 heteroatoms. The van der Waals surface area contributed by atoms with E-state index in [0.717, 1.165) is 45.9 Å². The number of nitrogens with zero attached hydrogens (tertiary/aromatic N) is 1. The van der Waals surface area contributed by atoms with E-state index in [2.05, 4.69) is 20.9 Å². The van der Waals surface area contributed by atoms with Gasteiger partial charge in [-0.05, 0) is 24.6 Å². The van der Waals surface area contributed by atoms with E-state index in [0.29, 0.717) is 28.9 Å². The fourth-order valence-electron chi connectivity index (χ4n) is 3.62. The first-order valence-electron chi connectivity index (χ1n) is 9.54. The van der Waals surface area contributed by atoms with E-state index < -0.39 is 0 Å². The van der Waals surface area contributed by atoms with Crippen molar-refractivity contribution in [3.63, 3.8) is 0 Å². The van der Waals surface area contributed by atoms with Gasteiger partial charge in [0.05, 0.1) is 30.5 Å². The monoisotopic (exact) mass is 410 g/mol. The highest BCUT2D eigenvalue weighted by Crippen LogP contribution is 2.25. The number of carbonyl (C=O) groups is 2. The molecule has 2 aliphatic rings. The van der Waals surface area contributed by atoms with Crippen LogP contribution in [-0.2, 0) is 14.3 Å². The normalized spacial score (nSPS) is 21.1. The Balaban J connectivity index is 1.55. The highest BCUT2D eigenvalue weighted by Gasteiger charge is 2.31. The summed E-state index contributed by atoms with van der Waals surface area (Å²) in [5.74, 6) is 0.204. The predicted octanol–water partition coefficient (Wildman–Crippen LogP) is 2.16. The molecule has 3 rings (SSSR count). The molecule has 0 spiro atoms. The molecule has 28 heavy (non-hydrogen) atoms. The van der Waals surface area contributed by atoms with Gasteiger partial charge in [0.25, 0.3) is 0 Å². The van der Waals surface area contributed by atoms with Crippen LogP contribution in [0.3, 0.4) is 0 Å². The summed E-state index contributed by atoms with van der Waals surface area (Å²) >= 11 is 6.15. The SMILES string of the molecule is CC(=O)Nc1ccc(NC(=O)NCC(C2CCOC2)N2CCOCC2)cc1Cl. The number of nitrogens with one attached hydrogen (secondary N) is 3. The van der Waals surface area contributed by atoms with Gasteiger partial charge >= 0.3 is 6.03 Å². The molecule has 3 amide bonds. The molecule has 1 aromatic carbocycles. The van der Waals surface area contributed by atoms with Gasteiger partial charge in [0.15, 0.2) is 0 Å². The fourth-order valence-corrected chi connectivity index (χ4v) is 3.84. The van der Waals surface area contributed by atoms with E-state index in [1.54, 1.807) is 18.2 Å². The van der Waals surface area contributed by atoms with Crippen molar-refractivity contribution in [2.45, 2.75) is 19.4 Å². The molecule has 8 nitrogen and oxygen atoms in total. The van der Waals surface area contributed by atoms with Crippen LogP contribution in [0.15, 0.2) is 18.2 Å². The zero-order valence-corrected chi connectivity index (χ0v) is 16.8. The van der Waals surface area contributed by atoms with Gasteiger partial charge in [-0.2, -0.15) is 0 Å². The largest absolute Gasteiger partial charge is 0.381 e. The van der Waals surface area contributed by atoms with Crippen LogP contribution in [0.5, 0.6) is 0 Å². The fraction of sp³-hybridized carbons (Fsp3) is 0.579. The van der Waals surface area contributed by atoms with Gasteiger partial charge in [-0.25, -0.2) is 4.79 Å². The average molecular weight is 411 g/mol. The number of hydrogen-bond acceptors (Lipinski definition) is 5. The summed E-state index contributed by atoms with van der Waals surface area (Å²) in [6.07, 6.45) is 1.01. The number of anilines is 2. The molecule has 1 aromatic rings. The summed E-state index contributed by atoms with van der Waals surface area (Å²) in [7, 11) is 0. The van der Waals surface area contributed by atoms with Crippen molar-refractivity contribution in [2.24, 2.45) is 5.92 Å². The Morgan fingerprint density at radius 1 is 1.21 bits per heavy atom. The Morgan fingerprint density at radius 2 is 2.00 bits per heavy atom. The molecule has 0 radical (unpaired) electrons. The zero-order chi connectivity index (χ0) is 19.9. The third kappa shape index (κ3) is 5.81.